The Hall–Kier alpha value is -1.39. The molecule has 0 heterocycles. The van der Waals surface area contributed by atoms with Crippen LogP contribution < -0.4 is 10.5 Å². The average molecular weight is 352 g/mol. The monoisotopic (exact) mass is 351 g/mol. The van der Waals surface area contributed by atoms with Gasteiger partial charge < -0.3 is 10.5 Å². The number of benzene rings is 2. The second-order valence-electron chi connectivity index (χ2n) is 5.38. The molecule has 1 atom stereocenters. The van der Waals surface area contributed by atoms with Gasteiger partial charge in [0, 0.05) is 10.5 Å². The van der Waals surface area contributed by atoms with Crippen LogP contribution in [0.3, 0.4) is 0 Å². The second-order valence-corrected chi connectivity index (χ2v) is 6.18. The summed E-state index contributed by atoms with van der Waals surface area (Å²) in [5, 5.41) is 0. The molecule has 0 radical (unpaired) electrons. The van der Waals surface area contributed by atoms with E-state index in [1.165, 1.54) is 6.07 Å². The smallest absolute Gasteiger partial charge is 0.166 e. The van der Waals surface area contributed by atoms with E-state index in [-0.39, 0.29) is 17.6 Å². The molecule has 2 rings (SSSR count). The van der Waals surface area contributed by atoms with Crippen LogP contribution in [0.1, 0.15) is 23.6 Å². The molecular weight excluding hydrogens is 333 g/mol. The summed E-state index contributed by atoms with van der Waals surface area (Å²) in [6, 6.07) is 8.65. The Balaban J connectivity index is 2.39. The van der Waals surface area contributed by atoms with Crippen molar-refractivity contribution in [1.82, 2.24) is 0 Å². The van der Waals surface area contributed by atoms with Crippen LogP contribution in [-0.4, -0.2) is 6.04 Å². The molecule has 2 aromatic carbocycles. The summed E-state index contributed by atoms with van der Waals surface area (Å²) < 4.78 is 20.9. The highest BCUT2D eigenvalue weighted by molar-refractivity contribution is 9.10. The maximum Gasteiger partial charge on any atom is 0.166 e. The third-order valence-corrected chi connectivity index (χ3v) is 4.47. The second kappa shape index (κ2) is 6.58. The van der Waals surface area contributed by atoms with Gasteiger partial charge in [-0.1, -0.05) is 28.1 Å². The molecule has 4 heteroatoms. The summed E-state index contributed by atoms with van der Waals surface area (Å²) in [7, 11) is 0. The lowest BCUT2D eigenvalue weighted by molar-refractivity contribution is 0.434. The van der Waals surface area contributed by atoms with Crippen LogP contribution >= 0.6 is 15.9 Å². The summed E-state index contributed by atoms with van der Waals surface area (Å²) in [6.45, 7) is 5.85. The van der Waals surface area contributed by atoms with Crippen molar-refractivity contribution in [2.24, 2.45) is 5.73 Å². The molecule has 0 amide bonds. The standard InChI is InChI=1S/C17H19BrFNO/c1-10-7-14(8-11(2)16(10)18)21-17-13(9-12(3)20)5-4-6-15(17)19/h4-8,12H,9,20H2,1-3H3. The van der Waals surface area contributed by atoms with Gasteiger partial charge in [0.25, 0.3) is 0 Å². The molecule has 0 saturated carbocycles. The van der Waals surface area contributed by atoms with Crippen molar-refractivity contribution in [2.45, 2.75) is 33.2 Å². The molecule has 0 aliphatic heterocycles. The first-order chi connectivity index (χ1) is 9.88. The van der Waals surface area contributed by atoms with Crippen LogP contribution in [-0.2, 0) is 6.42 Å². The van der Waals surface area contributed by atoms with Crippen molar-refractivity contribution >= 4 is 15.9 Å². The lowest BCUT2D eigenvalue weighted by Crippen LogP contribution is -2.18. The van der Waals surface area contributed by atoms with Crippen molar-refractivity contribution in [3.63, 3.8) is 0 Å². The Morgan fingerprint density at radius 3 is 2.43 bits per heavy atom. The molecule has 0 fully saturated rings. The van der Waals surface area contributed by atoms with E-state index in [2.05, 4.69) is 15.9 Å². The van der Waals surface area contributed by atoms with Gasteiger partial charge in [-0.25, -0.2) is 4.39 Å². The number of rotatable bonds is 4. The predicted molar refractivity (Wildman–Crippen MR) is 87.4 cm³/mol. The van der Waals surface area contributed by atoms with Crippen LogP contribution in [0.4, 0.5) is 4.39 Å². The predicted octanol–water partition coefficient (Wildman–Crippen LogP) is 4.89. The van der Waals surface area contributed by atoms with Crippen molar-refractivity contribution in [3.05, 3.63) is 57.3 Å². The van der Waals surface area contributed by atoms with Crippen molar-refractivity contribution < 1.29 is 9.13 Å². The fourth-order valence-corrected chi connectivity index (χ4v) is 2.49. The molecular formula is C17H19BrFNO. The summed E-state index contributed by atoms with van der Waals surface area (Å²) in [6.07, 6.45) is 0.571. The third kappa shape index (κ3) is 3.83. The Morgan fingerprint density at radius 1 is 1.24 bits per heavy atom. The van der Waals surface area contributed by atoms with E-state index < -0.39 is 0 Å². The van der Waals surface area contributed by atoms with Crippen molar-refractivity contribution in [1.29, 1.82) is 0 Å². The number of halogens is 2. The fraction of sp³-hybridized carbons (Fsp3) is 0.294. The highest BCUT2D eigenvalue weighted by atomic mass is 79.9. The molecule has 2 N–H and O–H groups in total. The largest absolute Gasteiger partial charge is 0.454 e. The normalized spacial score (nSPS) is 12.3. The molecule has 0 bridgehead atoms. The van der Waals surface area contributed by atoms with Crippen LogP contribution in [0.25, 0.3) is 0 Å². The molecule has 21 heavy (non-hydrogen) atoms. The molecule has 0 spiro atoms. The van der Waals surface area contributed by atoms with Crippen molar-refractivity contribution in [3.8, 4) is 11.5 Å². The molecule has 0 aliphatic rings. The number of aryl methyl sites for hydroxylation is 2. The van der Waals surface area contributed by atoms with Crippen LogP contribution in [0, 0.1) is 19.7 Å². The fourth-order valence-electron chi connectivity index (χ4n) is 2.26. The number of hydrogen-bond acceptors (Lipinski definition) is 2. The number of ether oxygens (including phenoxy) is 1. The van der Waals surface area contributed by atoms with Gasteiger partial charge in [-0.3, -0.25) is 0 Å². The van der Waals surface area contributed by atoms with Crippen LogP contribution in [0.2, 0.25) is 0 Å². The molecule has 112 valence electrons. The van der Waals surface area contributed by atoms with Gasteiger partial charge in [0.2, 0.25) is 0 Å². The summed E-state index contributed by atoms with van der Waals surface area (Å²) in [5.41, 5.74) is 8.70. The number of nitrogens with two attached hydrogens (primary N) is 1. The maximum atomic E-state index is 14.1. The zero-order valence-corrected chi connectivity index (χ0v) is 14.0. The summed E-state index contributed by atoms with van der Waals surface area (Å²) in [4.78, 5) is 0. The van der Waals surface area contributed by atoms with E-state index in [0.717, 1.165) is 21.2 Å². The van der Waals surface area contributed by atoms with Crippen molar-refractivity contribution in [2.75, 3.05) is 0 Å². The minimum atomic E-state index is -0.369. The zero-order chi connectivity index (χ0) is 15.6. The van der Waals surface area contributed by atoms with Gasteiger partial charge >= 0.3 is 0 Å². The first-order valence-electron chi connectivity index (χ1n) is 6.86. The molecule has 0 aromatic heterocycles. The van der Waals surface area contributed by atoms with Gasteiger partial charge in [0.15, 0.2) is 11.6 Å². The minimum absolute atomic E-state index is 0.0532. The highest BCUT2D eigenvalue weighted by Gasteiger charge is 2.13. The van der Waals surface area contributed by atoms with Gasteiger partial charge in [0.05, 0.1) is 0 Å². The van der Waals surface area contributed by atoms with E-state index >= 15 is 0 Å². The van der Waals surface area contributed by atoms with E-state index in [4.69, 9.17) is 10.5 Å². The molecule has 2 aromatic rings. The lowest BCUT2D eigenvalue weighted by Gasteiger charge is -2.15. The van der Waals surface area contributed by atoms with E-state index in [0.29, 0.717) is 12.2 Å². The molecule has 0 aliphatic carbocycles. The number of hydrogen-bond donors (Lipinski definition) is 1. The Kier molecular flexibility index (Phi) is 5.01. The first-order valence-corrected chi connectivity index (χ1v) is 7.65. The van der Waals surface area contributed by atoms with E-state index in [1.807, 2.05) is 39.0 Å². The Morgan fingerprint density at radius 2 is 1.86 bits per heavy atom. The summed E-state index contributed by atoms with van der Waals surface area (Å²) in [5.74, 6) is 0.520. The highest BCUT2D eigenvalue weighted by Crippen LogP contribution is 2.33. The SMILES string of the molecule is Cc1cc(Oc2c(F)cccc2CC(C)N)cc(C)c1Br. The van der Waals surface area contributed by atoms with E-state index in [9.17, 15) is 4.39 Å². The molecule has 0 saturated heterocycles. The van der Waals surface area contributed by atoms with Crippen LogP contribution in [0.15, 0.2) is 34.8 Å². The first kappa shape index (κ1) is 16.0. The molecule has 1 unspecified atom stereocenters. The van der Waals surface area contributed by atoms with Gasteiger partial charge in [-0.2, -0.15) is 0 Å². The number of para-hydroxylation sites is 1. The maximum absolute atomic E-state index is 14.1. The summed E-state index contributed by atoms with van der Waals surface area (Å²) >= 11 is 3.51. The van der Waals surface area contributed by atoms with Gasteiger partial charge in [-0.15, -0.1) is 0 Å². The topological polar surface area (TPSA) is 35.2 Å². The third-order valence-electron chi connectivity index (χ3n) is 3.22. The van der Waals surface area contributed by atoms with Gasteiger partial charge in [0.1, 0.15) is 5.75 Å². The quantitative estimate of drug-likeness (QED) is 0.851. The zero-order valence-electron chi connectivity index (χ0n) is 12.4. The van der Waals surface area contributed by atoms with Crippen LogP contribution in [0.5, 0.6) is 11.5 Å². The molecule has 2 nitrogen and oxygen atoms in total. The van der Waals surface area contributed by atoms with Gasteiger partial charge in [-0.05, 0) is 62.1 Å². The Bertz CT molecular complexity index is 632. The minimum Gasteiger partial charge on any atom is -0.454 e. The van der Waals surface area contributed by atoms with E-state index in [1.54, 1.807) is 6.07 Å². The average Bonchev–Trinajstić information content (AvgIpc) is 2.39. The Labute approximate surface area is 133 Å². The lowest BCUT2D eigenvalue weighted by atomic mass is 10.1.